The van der Waals surface area contributed by atoms with Crippen LogP contribution in [0.1, 0.15) is 45.2 Å². The Hall–Kier alpha value is -2.84. The van der Waals surface area contributed by atoms with Crippen LogP contribution in [0, 0.1) is 6.92 Å². The van der Waals surface area contributed by atoms with Gasteiger partial charge in [-0.15, -0.1) is 22.7 Å². The molecule has 0 bridgehead atoms. The number of aryl methyl sites for hydroxylation is 1. The van der Waals surface area contributed by atoms with Crippen molar-refractivity contribution < 1.29 is 4.79 Å². The lowest BCUT2D eigenvalue weighted by Crippen LogP contribution is -2.28. The summed E-state index contributed by atoms with van der Waals surface area (Å²) in [5.41, 5.74) is 1.91. The van der Waals surface area contributed by atoms with Gasteiger partial charge in [-0.3, -0.25) is 9.78 Å². The lowest BCUT2D eigenvalue weighted by atomic mass is 10.1. The van der Waals surface area contributed by atoms with Crippen molar-refractivity contribution in [3.8, 4) is 0 Å². The molecule has 4 rings (SSSR count). The number of likely N-dealkylation sites (N-methyl/N-ethyl adjacent to an activating group) is 1. The molecule has 4 aromatic heterocycles. The predicted octanol–water partition coefficient (Wildman–Crippen LogP) is 5.33. The standard InChI is InChI=1S/C23H25N5OS2/c1-4-17(18-9-7-13-30-18)27-21-19-15(2)20(31-22(19)26-14-25-21)23(29)28(3)12-10-16-8-5-6-11-24-16/h5-9,11,13-14,17H,4,10,12H2,1-3H3,(H,25,26,27). The number of rotatable bonds is 8. The molecule has 4 heterocycles. The van der Waals surface area contributed by atoms with Crippen molar-refractivity contribution in [2.45, 2.75) is 32.7 Å². The minimum absolute atomic E-state index is 0.00711. The summed E-state index contributed by atoms with van der Waals surface area (Å²) in [6, 6.07) is 10.2. The number of anilines is 1. The lowest BCUT2D eigenvalue weighted by molar-refractivity contribution is 0.0800. The molecule has 0 spiro atoms. The number of aromatic nitrogens is 3. The van der Waals surface area contributed by atoms with Gasteiger partial charge in [-0.05, 0) is 42.5 Å². The van der Waals surface area contributed by atoms with Crippen LogP contribution in [-0.4, -0.2) is 39.4 Å². The van der Waals surface area contributed by atoms with Gasteiger partial charge in [0, 0.05) is 36.8 Å². The molecule has 0 saturated carbocycles. The monoisotopic (exact) mass is 451 g/mol. The van der Waals surface area contributed by atoms with Gasteiger partial charge in [0.2, 0.25) is 0 Å². The number of pyridine rings is 1. The second kappa shape index (κ2) is 9.53. The molecule has 1 amide bonds. The van der Waals surface area contributed by atoms with Crippen LogP contribution < -0.4 is 5.32 Å². The molecular weight excluding hydrogens is 426 g/mol. The molecule has 4 aromatic rings. The van der Waals surface area contributed by atoms with E-state index in [1.807, 2.05) is 32.2 Å². The molecule has 8 heteroatoms. The zero-order valence-corrected chi connectivity index (χ0v) is 19.5. The highest BCUT2D eigenvalue weighted by atomic mass is 32.1. The van der Waals surface area contributed by atoms with E-state index in [0.29, 0.717) is 11.4 Å². The summed E-state index contributed by atoms with van der Waals surface area (Å²) in [6.07, 6.45) is 5.01. The molecule has 0 fully saturated rings. The SMILES string of the molecule is CCC(Nc1ncnc2sc(C(=O)N(C)CCc3ccccn3)c(C)c12)c1cccs1. The Bertz CT molecular complexity index is 1160. The quantitative estimate of drug-likeness (QED) is 0.392. The van der Waals surface area contributed by atoms with Crippen LogP contribution in [-0.2, 0) is 6.42 Å². The maximum Gasteiger partial charge on any atom is 0.264 e. The molecule has 0 radical (unpaired) electrons. The van der Waals surface area contributed by atoms with Gasteiger partial charge in [-0.25, -0.2) is 9.97 Å². The highest BCUT2D eigenvalue weighted by Gasteiger charge is 2.23. The molecule has 1 atom stereocenters. The van der Waals surface area contributed by atoms with Gasteiger partial charge < -0.3 is 10.2 Å². The zero-order valence-electron chi connectivity index (χ0n) is 17.8. The number of thiophene rings is 2. The molecule has 1 N–H and O–H groups in total. The van der Waals surface area contributed by atoms with Crippen molar-refractivity contribution in [1.29, 1.82) is 0 Å². The van der Waals surface area contributed by atoms with Gasteiger partial charge in [0.1, 0.15) is 17.0 Å². The average Bonchev–Trinajstić information content (AvgIpc) is 3.45. The Kier molecular flexibility index (Phi) is 6.58. The van der Waals surface area contributed by atoms with E-state index >= 15 is 0 Å². The normalized spacial score (nSPS) is 12.1. The Morgan fingerprint density at radius 1 is 1.19 bits per heavy atom. The number of hydrogen-bond donors (Lipinski definition) is 1. The number of amides is 1. The van der Waals surface area contributed by atoms with Crippen molar-refractivity contribution in [3.05, 3.63) is 69.2 Å². The molecule has 1 unspecified atom stereocenters. The number of hydrogen-bond acceptors (Lipinski definition) is 7. The van der Waals surface area contributed by atoms with Crippen LogP contribution in [0.15, 0.2) is 48.2 Å². The first kappa shape index (κ1) is 21.4. The fraction of sp³-hybridized carbons (Fsp3) is 0.304. The molecule has 31 heavy (non-hydrogen) atoms. The van der Waals surface area contributed by atoms with Gasteiger partial charge in [0.05, 0.1) is 16.3 Å². The van der Waals surface area contributed by atoms with Crippen molar-refractivity contribution in [3.63, 3.8) is 0 Å². The molecule has 6 nitrogen and oxygen atoms in total. The van der Waals surface area contributed by atoms with Crippen molar-refractivity contribution in [2.24, 2.45) is 0 Å². The van der Waals surface area contributed by atoms with Crippen LogP contribution in [0.3, 0.4) is 0 Å². The topological polar surface area (TPSA) is 71.0 Å². The van der Waals surface area contributed by atoms with Gasteiger partial charge >= 0.3 is 0 Å². The summed E-state index contributed by atoms with van der Waals surface area (Å²) in [4.78, 5) is 31.1. The Morgan fingerprint density at radius 2 is 2.06 bits per heavy atom. The van der Waals surface area contributed by atoms with E-state index in [9.17, 15) is 4.79 Å². The Labute approximate surface area is 190 Å². The van der Waals surface area contributed by atoms with Gasteiger partial charge in [0.25, 0.3) is 5.91 Å². The third-order valence-corrected chi connectivity index (χ3v) is 7.48. The third kappa shape index (κ3) is 4.60. The molecule has 0 aliphatic rings. The number of nitrogens with zero attached hydrogens (tertiary/aromatic N) is 4. The number of nitrogens with one attached hydrogen (secondary N) is 1. The second-order valence-electron chi connectivity index (χ2n) is 7.38. The van der Waals surface area contributed by atoms with E-state index in [0.717, 1.165) is 40.1 Å². The fourth-order valence-corrected chi connectivity index (χ4v) is 5.52. The molecule has 0 aliphatic heterocycles. The van der Waals surface area contributed by atoms with Crippen LogP contribution in [0.25, 0.3) is 10.2 Å². The molecule has 0 aliphatic carbocycles. The smallest absolute Gasteiger partial charge is 0.264 e. The molecule has 0 saturated heterocycles. The summed E-state index contributed by atoms with van der Waals surface area (Å²) in [5.74, 6) is 0.793. The third-order valence-electron chi connectivity index (χ3n) is 5.30. The van der Waals surface area contributed by atoms with E-state index < -0.39 is 0 Å². The first-order valence-corrected chi connectivity index (χ1v) is 12.0. The summed E-state index contributed by atoms with van der Waals surface area (Å²) >= 11 is 3.17. The Morgan fingerprint density at radius 3 is 2.77 bits per heavy atom. The minimum Gasteiger partial charge on any atom is -0.362 e. The average molecular weight is 452 g/mol. The maximum atomic E-state index is 13.2. The highest BCUT2D eigenvalue weighted by Crippen LogP contribution is 2.36. The van der Waals surface area contributed by atoms with Crippen molar-refractivity contribution >= 4 is 44.6 Å². The van der Waals surface area contributed by atoms with Gasteiger partial charge in [0.15, 0.2) is 0 Å². The van der Waals surface area contributed by atoms with Crippen LogP contribution >= 0.6 is 22.7 Å². The van der Waals surface area contributed by atoms with Crippen LogP contribution in [0.4, 0.5) is 5.82 Å². The first-order chi connectivity index (χ1) is 15.1. The summed E-state index contributed by atoms with van der Waals surface area (Å²) < 4.78 is 0. The van der Waals surface area contributed by atoms with E-state index in [1.54, 1.807) is 28.8 Å². The summed E-state index contributed by atoms with van der Waals surface area (Å²) in [5, 5.41) is 6.60. The van der Waals surface area contributed by atoms with Crippen molar-refractivity contribution in [2.75, 3.05) is 18.9 Å². The maximum absolute atomic E-state index is 13.2. The molecule has 160 valence electrons. The molecule has 0 aromatic carbocycles. The van der Waals surface area contributed by atoms with Crippen molar-refractivity contribution in [1.82, 2.24) is 19.9 Å². The molecular formula is C23H25N5OS2. The largest absolute Gasteiger partial charge is 0.362 e. The van der Waals surface area contributed by atoms with Gasteiger partial charge in [-0.1, -0.05) is 19.1 Å². The minimum atomic E-state index is 0.00711. The summed E-state index contributed by atoms with van der Waals surface area (Å²) in [7, 11) is 1.84. The second-order valence-corrected chi connectivity index (χ2v) is 9.36. The number of fused-ring (bicyclic) bond motifs is 1. The lowest BCUT2D eigenvalue weighted by Gasteiger charge is -2.17. The van der Waals surface area contributed by atoms with E-state index in [2.05, 4.69) is 44.7 Å². The van der Waals surface area contributed by atoms with Gasteiger partial charge in [-0.2, -0.15) is 0 Å². The van der Waals surface area contributed by atoms with E-state index in [1.165, 1.54) is 16.2 Å². The number of carbonyl (C=O) groups excluding carboxylic acids is 1. The zero-order chi connectivity index (χ0) is 21.8. The summed E-state index contributed by atoms with van der Waals surface area (Å²) in [6.45, 7) is 4.75. The first-order valence-electron chi connectivity index (χ1n) is 10.3. The fourth-order valence-electron chi connectivity index (χ4n) is 3.52. The van der Waals surface area contributed by atoms with E-state index in [4.69, 9.17) is 0 Å². The van der Waals surface area contributed by atoms with Crippen LogP contribution in [0.2, 0.25) is 0 Å². The Balaban J connectivity index is 1.57. The number of carbonyl (C=O) groups is 1. The van der Waals surface area contributed by atoms with E-state index in [-0.39, 0.29) is 11.9 Å². The highest BCUT2D eigenvalue weighted by molar-refractivity contribution is 7.20. The van der Waals surface area contributed by atoms with Crippen LogP contribution in [0.5, 0.6) is 0 Å². The predicted molar refractivity (Wildman–Crippen MR) is 128 cm³/mol.